The fourth-order valence-electron chi connectivity index (χ4n) is 3.86. The first-order chi connectivity index (χ1) is 16.8. The number of sulfone groups is 1. The summed E-state index contributed by atoms with van der Waals surface area (Å²) < 4.78 is 50.8. The first kappa shape index (κ1) is 25.2. The summed E-state index contributed by atoms with van der Waals surface area (Å²) in [6, 6.07) is 3.86. The van der Waals surface area contributed by atoms with E-state index in [0.717, 1.165) is 18.9 Å². The van der Waals surface area contributed by atoms with Gasteiger partial charge in [0.15, 0.2) is 9.84 Å². The lowest BCUT2D eigenvalue weighted by Crippen LogP contribution is -2.42. The number of carbonyl (C=O) groups excluding carboxylic acids is 1. The van der Waals surface area contributed by atoms with Crippen LogP contribution in [0.2, 0.25) is 0 Å². The molecule has 1 saturated heterocycles. The van der Waals surface area contributed by atoms with Crippen molar-refractivity contribution in [1.29, 1.82) is 0 Å². The average molecular weight is 507 g/mol. The molecule has 1 saturated carbocycles. The van der Waals surface area contributed by atoms with Crippen LogP contribution in [0.1, 0.15) is 51.0 Å². The smallest absolute Gasteiger partial charge is 0.409 e. The van der Waals surface area contributed by atoms with Crippen LogP contribution in [0.4, 0.5) is 20.7 Å². The second-order valence-corrected chi connectivity index (χ2v) is 11.2. The van der Waals surface area contributed by atoms with Crippen molar-refractivity contribution in [2.45, 2.75) is 68.6 Å². The van der Waals surface area contributed by atoms with Crippen molar-refractivity contribution in [3.05, 3.63) is 35.9 Å². The predicted molar refractivity (Wildman–Crippen MR) is 128 cm³/mol. The summed E-state index contributed by atoms with van der Waals surface area (Å²) in [5, 5.41) is 2.52. The molecule has 1 N–H and O–H groups in total. The Balaban J connectivity index is 1.37. The molecule has 4 rings (SSSR count). The quantitative estimate of drug-likeness (QED) is 0.499. The van der Waals surface area contributed by atoms with E-state index in [9.17, 15) is 17.6 Å². The second-order valence-electron chi connectivity index (χ2n) is 8.94. The molecule has 0 radical (unpaired) electrons. The largest absolute Gasteiger partial charge is 0.474 e. The van der Waals surface area contributed by atoms with Crippen molar-refractivity contribution in [2.75, 3.05) is 25.0 Å². The molecule has 11 heteroatoms. The van der Waals surface area contributed by atoms with Crippen molar-refractivity contribution >= 4 is 27.4 Å². The van der Waals surface area contributed by atoms with Gasteiger partial charge in [-0.3, -0.25) is 0 Å². The van der Waals surface area contributed by atoms with Crippen LogP contribution in [0.15, 0.2) is 29.4 Å². The topological polar surface area (TPSA) is 111 Å². The fourth-order valence-corrected chi connectivity index (χ4v) is 5.53. The number of hydrogen-bond acceptors (Lipinski definition) is 8. The number of aromatic nitrogens is 2. The zero-order valence-corrected chi connectivity index (χ0v) is 20.8. The first-order valence-electron chi connectivity index (χ1n) is 12.0. The van der Waals surface area contributed by atoms with Gasteiger partial charge >= 0.3 is 6.09 Å². The molecule has 1 aliphatic heterocycles. The summed E-state index contributed by atoms with van der Waals surface area (Å²) in [6.07, 6.45) is 5.25. The molecule has 0 spiro atoms. The van der Waals surface area contributed by atoms with Gasteiger partial charge in [0.1, 0.15) is 24.1 Å². The van der Waals surface area contributed by atoms with Crippen molar-refractivity contribution in [2.24, 2.45) is 0 Å². The zero-order chi connectivity index (χ0) is 25.0. The van der Waals surface area contributed by atoms with Gasteiger partial charge in [0.25, 0.3) is 0 Å². The normalized spacial score (nSPS) is 16.7. The molecule has 35 heavy (non-hydrogen) atoms. The zero-order valence-electron chi connectivity index (χ0n) is 20.0. The number of nitrogens with zero attached hydrogens (tertiary/aromatic N) is 3. The van der Waals surface area contributed by atoms with Crippen LogP contribution >= 0.6 is 0 Å². The lowest BCUT2D eigenvalue weighted by molar-refractivity contribution is 0.0653. The number of unbranched alkanes of at least 4 members (excludes halogenated alkanes) is 1. The maximum absolute atomic E-state index is 14.7. The number of amides is 1. The van der Waals surface area contributed by atoms with E-state index in [2.05, 4.69) is 15.3 Å². The van der Waals surface area contributed by atoms with E-state index in [1.807, 2.05) is 6.92 Å². The SMILES string of the molecule is CCCCOC(=O)N1CCC(Oc2ncnc(Nc3ccc(S(=O)(=O)C4CC4)cc3F)c2C)CC1. The first-order valence-corrected chi connectivity index (χ1v) is 13.5. The van der Waals surface area contributed by atoms with E-state index in [1.165, 1.54) is 18.5 Å². The monoisotopic (exact) mass is 506 g/mol. The van der Waals surface area contributed by atoms with Gasteiger partial charge in [0.2, 0.25) is 5.88 Å². The van der Waals surface area contributed by atoms with E-state index >= 15 is 0 Å². The molecule has 0 unspecified atom stereocenters. The summed E-state index contributed by atoms with van der Waals surface area (Å²) in [5.74, 6) is 0.0638. The van der Waals surface area contributed by atoms with Crippen LogP contribution in [0.5, 0.6) is 5.88 Å². The minimum atomic E-state index is -3.47. The Morgan fingerprint density at radius 2 is 1.94 bits per heavy atom. The number of rotatable bonds is 9. The molecule has 1 aromatic carbocycles. The van der Waals surface area contributed by atoms with Gasteiger partial charge < -0.3 is 19.7 Å². The van der Waals surface area contributed by atoms with Crippen molar-refractivity contribution in [3.8, 4) is 5.88 Å². The van der Waals surface area contributed by atoms with E-state index in [0.29, 0.717) is 62.6 Å². The molecule has 1 aromatic heterocycles. The van der Waals surface area contributed by atoms with E-state index in [4.69, 9.17) is 9.47 Å². The second kappa shape index (κ2) is 10.8. The Bertz CT molecular complexity index is 1160. The summed E-state index contributed by atoms with van der Waals surface area (Å²) in [5.41, 5.74) is 0.713. The Hall–Kier alpha value is -2.95. The molecular weight excluding hydrogens is 475 g/mol. The van der Waals surface area contributed by atoms with Gasteiger partial charge in [-0.2, -0.15) is 0 Å². The number of ether oxygens (including phenoxy) is 2. The summed E-state index contributed by atoms with van der Waals surface area (Å²) >= 11 is 0. The summed E-state index contributed by atoms with van der Waals surface area (Å²) in [6.45, 7) is 5.31. The molecule has 2 aromatic rings. The van der Waals surface area contributed by atoms with E-state index in [-0.39, 0.29) is 22.8 Å². The number of benzene rings is 1. The minimum Gasteiger partial charge on any atom is -0.474 e. The highest BCUT2D eigenvalue weighted by Crippen LogP contribution is 2.35. The molecule has 9 nitrogen and oxygen atoms in total. The lowest BCUT2D eigenvalue weighted by Gasteiger charge is -2.31. The molecule has 2 fully saturated rings. The van der Waals surface area contributed by atoms with Gasteiger partial charge in [0.05, 0.1) is 28.0 Å². The van der Waals surface area contributed by atoms with Crippen LogP contribution in [0, 0.1) is 12.7 Å². The van der Waals surface area contributed by atoms with Crippen molar-refractivity contribution in [3.63, 3.8) is 0 Å². The van der Waals surface area contributed by atoms with Gasteiger partial charge in [-0.25, -0.2) is 27.6 Å². The minimum absolute atomic E-state index is 0.00734. The Kier molecular flexibility index (Phi) is 7.73. The average Bonchev–Trinajstić information content (AvgIpc) is 3.69. The summed E-state index contributed by atoms with van der Waals surface area (Å²) in [4.78, 5) is 22.2. The number of nitrogens with one attached hydrogen (secondary N) is 1. The maximum atomic E-state index is 14.7. The third-order valence-corrected chi connectivity index (χ3v) is 8.49. The van der Waals surface area contributed by atoms with E-state index < -0.39 is 20.9 Å². The number of halogens is 1. The van der Waals surface area contributed by atoms with Crippen molar-refractivity contribution < 1.29 is 27.1 Å². The van der Waals surface area contributed by atoms with Crippen LogP contribution in [0.25, 0.3) is 0 Å². The molecular formula is C24H31FN4O5S. The summed E-state index contributed by atoms with van der Waals surface area (Å²) in [7, 11) is -3.47. The van der Waals surface area contributed by atoms with Gasteiger partial charge in [-0.15, -0.1) is 0 Å². The number of piperidine rings is 1. The van der Waals surface area contributed by atoms with Crippen LogP contribution in [-0.4, -0.2) is 60.4 Å². The standard InChI is InChI=1S/C24H31FN4O5S/c1-3-4-13-33-24(30)29-11-9-17(10-12-29)34-23-16(2)22(26-15-27-23)28-21-8-7-19(14-20(21)25)35(31,32)18-5-6-18/h7-8,14-15,17-18H,3-6,9-13H2,1-2H3,(H,26,27,28). The molecule has 0 bridgehead atoms. The van der Waals surface area contributed by atoms with Crippen LogP contribution in [-0.2, 0) is 14.6 Å². The Morgan fingerprint density at radius 1 is 1.20 bits per heavy atom. The third kappa shape index (κ3) is 6.01. The highest BCUT2D eigenvalue weighted by molar-refractivity contribution is 7.92. The van der Waals surface area contributed by atoms with Gasteiger partial charge in [0, 0.05) is 25.9 Å². The number of anilines is 2. The van der Waals surface area contributed by atoms with Gasteiger partial charge in [-0.05, 0) is 44.4 Å². The van der Waals surface area contributed by atoms with Gasteiger partial charge in [-0.1, -0.05) is 13.3 Å². The highest BCUT2D eigenvalue weighted by Gasteiger charge is 2.37. The molecule has 190 valence electrons. The number of hydrogen-bond donors (Lipinski definition) is 1. The lowest BCUT2D eigenvalue weighted by atomic mass is 10.1. The van der Waals surface area contributed by atoms with Crippen LogP contribution in [0.3, 0.4) is 0 Å². The molecule has 1 aliphatic carbocycles. The molecule has 1 amide bonds. The maximum Gasteiger partial charge on any atom is 0.409 e. The molecule has 0 atom stereocenters. The number of likely N-dealkylation sites (tertiary alicyclic amines) is 1. The number of carbonyl (C=O) groups is 1. The molecule has 2 heterocycles. The molecule has 2 aliphatic rings. The highest BCUT2D eigenvalue weighted by atomic mass is 32.2. The predicted octanol–water partition coefficient (Wildman–Crippen LogP) is 4.38. The van der Waals surface area contributed by atoms with Crippen LogP contribution < -0.4 is 10.1 Å². The van der Waals surface area contributed by atoms with E-state index in [1.54, 1.807) is 11.8 Å². The van der Waals surface area contributed by atoms with Crippen molar-refractivity contribution in [1.82, 2.24) is 14.9 Å². The Labute approximate surface area is 205 Å². The Morgan fingerprint density at radius 3 is 2.60 bits per heavy atom. The fraction of sp³-hybridized carbons (Fsp3) is 0.542. The third-order valence-electron chi connectivity index (χ3n) is 6.23.